The van der Waals surface area contributed by atoms with Crippen LogP contribution in [-0.4, -0.2) is 54.4 Å². The van der Waals surface area contributed by atoms with Gasteiger partial charge >= 0.3 is 6.09 Å². The highest BCUT2D eigenvalue weighted by Crippen LogP contribution is 2.35. The van der Waals surface area contributed by atoms with Crippen molar-refractivity contribution in [1.82, 2.24) is 29.6 Å². The van der Waals surface area contributed by atoms with Crippen molar-refractivity contribution in [3.05, 3.63) is 31.0 Å². The fraction of sp³-hybridized carbons (Fsp3) is 0.421. The standard InChI is InChI=1S/C19H21N7O3/c1-18(2,3)29-17(27)25-10-19(11-25,5-6-20)26-9-13(8-24-26)28-16-14-4-7-21-15(14)22-12-23-16/h4,7-9,12H,5,10-11H2,1-3H3,(H,21,22,23). The summed E-state index contributed by atoms with van der Waals surface area (Å²) in [4.78, 5) is 25.1. The highest BCUT2D eigenvalue weighted by atomic mass is 16.6. The molecule has 4 rings (SSSR count). The summed E-state index contributed by atoms with van der Waals surface area (Å²) < 4.78 is 13.0. The third-order valence-corrected chi connectivity index (χ3v) is 4.61. The van der Waals surface area contributed by atoms with Gasteiger partial charge in [0.05, 0.1) is 43.4 Å². The predicted octanol–water partition coefficient (Wildman–Crippen LogP) is 2.81. The summed E-state index contributed by atoms with van der Waals surface area (Å²) >= 11 is 0. The molecule has 0 aromatic carbocycles. The zero-order valence-electron chi connectivity index (χ0n) is 16.4. The fourth-order valence-electron chi connectivity index (χ4n) is 3.26. The van der Waals surface area contributed by atoms with E-state index in [9.17, 15) is 10.1 Å². The van der Waals surface area contributed by atoms with Crippen LogP contribution in [0.5, 0.6) is 11.6 Å². The Morgan fingerprint density at radius 3 is 2.90 bits per heavy atom. The lowest BCUT2D eigenvalue weighted by Crippen LogP contribution is -2.64. The molecule has 1 N–H and O–H groups in total. The number of likely N-dealkylation sites (tertiary alicyclic amines) is 1. The van der Waals surface area contributed by atoms with E-state index in [0.717, 1.165) is 5.39 Å². The zero-order chi connectivity index (χ0) is 20.6. The van der Waals surface area contributed by atoms with Crippen LogP contribution in [0.2, 0.25) is 0 Å². The lowest BCUT2D eigenvalue weighted by atomic mass is 9.87. The summed E-state index contributed by atoms with van der Waals surface area (Å²) in [5, 5.41) is 14.4. The summed E-state index contributed by atoms with van der Waals surface area (Å²) in [6, 6.07) is 4.02. The molecule has 0 unspecified atom stereocenters. The minimum atomic E-state index is -0.609. The fourth-order valence-corrected chi connectivity index (χ4v) is 3.26. The highest BCUT2D eigenvalue weighted by molar-refractivity contribution is 5.80. The molecule has 1 saturated heterocycles. The molecule has 1 aliphatic rings. The van der Waals surface area contributed by atoms with Crippen LogP contribution in [0.1, 0.15) is 27.2 Å². The van der Waals surface area contributed by atoms with Gasteiger partial charge in [0.2, 0.25) is 5.88 Å². The Labute approximate surface area is 167 Å². The van der Waals surface area contributed by atoms with Gasteiger partial charge in [-0.1, -0.05) is 0 Å². The van der Waals surface area contributed by atoms with Crippen molar-refractivity contribution in [3.63, 3.8) is 0 Å². The summed E-state index contributed by atoms with van der Waals surface area (Å²) in [5.74, 6) is 0.897. The Balaban J connectivity index is 1.51. The van der Waals surface area contributed by atoms with E-state index in [2.05, 4.69) is 26.1 Å². The molecule has 29 heavy (non-hydrogen) atoms. The van der Waals surface area contributed by atoms with Crippen molar-refractivity contribution < 1.29 is 14.3 Å². The van der Waals surface area contributed by atoms with Crippen LogP contribution in [0.15, 0.2) is 31.0 Å². The van der Waals surface area contributed by atoms with Gasteiger partial charge in [0.25, 0.3) is 0 Å². The molecular formula is C19H21N7O3. The molecule has 150 valence electrons. The van der Waals surface area contributed by atoms with Crippen LogP contribution in [0.4, 0.5) is 4.79 Å². The van der Waals surface area contributed by atoms with Crippen LogP contribution < -0.4 is 4.74 Å². The normalized spacial score (nSPS) is 15.6. The second-order valence-corrected chi connectivity index (χ2v) is 8.04. The van der Waals surface area contributed by atoms with Gasteiger partial charge in [0.15, 0.2) is 5.75 Å². The molecule has 10 heteroatoms. The lowest BCUT2D eigenvalue weighted by molar-refractivity contribution is -0.0314. The molecule has 1 fully saturated rings. The van der Waals surface area contributed by atoms with E-state index in [0.29, 0.717) is 30.4 Å². The van der Waals surface area contributed by atoms with Crippen LogP contribution in [0, 0.1) is 11.3 Å². The SMILES string of the molecule is CC(C)(C)OC(=O)N1CC(CC#N)(n2cc(Oc3ncnc4[nH]ccc34)cn2)C1. The predicted molar refractivity (Wildman–Crippen MR) is 102 cm³/mol. The molecule has 0 spiro atoms. The largest absolute Gasteiger partial charge is 0.444 e. The van der Waals surface area contributed by atoms with E-state index in [1.807, 2.05) is 26.8 Å². The molecule has 0 radical (unpaired) electrons. The minimum Gasteiger partial charge on any atom is -0.444 e. The molecule has 10 nitrogen and oxygen atoms in total. The summed E-state index contributed by atoms with van der Waals surface area (Å²) in [6.07, 6.45) is 6.27. The van der Waals surface area contributed by atoms with E-state index in [1.54, 1.807) is 28.2 Å². The Morgan fingerprint density at radius 1 is 1.38 bits per heavy atom. The van der Waals surface area contributed by atoms with E-state index >= 15 is 0 Å². The molecule has 0 aliphatic carbocycles. The van der Waals surface area contributed by atoms with Crippen molar-refractivity contribution in [1.29, 1.82) is 5.26 Å². The van der Waals surface area contributed by atoms with Crippen LogP contribution >= 0.6 is 0 Å². The van der Waals surface area contributed by atoms with Crippen molar-refractivity contribution in [2.75, 3.05) is 13.1 Å². The average molecular weight is 395 g/mol. The number of nitrogens with zero attached hydrogens (tertiary/aromatic N) is 6. The Bertz CT molecular complexity index is 1080. The van der Waals surface area contributed by atoms with Crippen LogP contribution in [0.25, 0.3) is 11.0 Å². The van der Waals surface area contributed by atoms with E-state index in [4.69, 9.17) is 9.47 Å². The maximum atomic E-state index is 12.3. The number of rotatable bonds is 4. The Morgan fingerprint density at radius 2 is 2.17 bits per heavy atom. The first-order valence-corrected chi connectivity index (χ1v) is 9.16. The van der Waals surface area contributed by atoms with E-state index in [1.165, 1.54) is 6.33 Å². The first-order chi connectivity index (χ1) is 13.8. The quantitative estimate of drug-likeness (QED) is 0.721. The smallest absolute Gasteiger partial charge is 0.410 e. The number of aromatic nitrogens is 5. The molecule has 0 atom stereocenters. The number of carbonyl (C=O) groups excluding carboxylic acids is 1. The monoisotopic (exact) mass is 395 g/mol. The van der Waals surface area contributed by atoms with Gasteiger partial charge in [-0.05, 0) is 26.8 Å². The first kappa shape index (κ1) is 18.7. The maximum Gasteiger partial charge on any atom is 0.410 e. The molecule has 0 bridgehead atoms. The number of hydrogen-bond acceptors (Lipinski definition) is 7. The molecular weight excluding hydrogens is 374 g/mol. The summed E-state index contributed by atoms with van der Waals surface area (Å²) in [5.41, 5.74) is -0.504. The topological polar surface area (TPSA) is 122 Å². The number of amides is 1. The summed E-state index contributed by atoms with van der Waals surface area (Å²) in [7, 11) is 0. The summed E-state index contributed by atoms with van der Waals surface area (Å²) in [6.45, 7) is 6.13. The van der Waals surface area contributed by atoms with Crippen molar-refractivity contribution in [2.24, 2.45) is 0 Å². The van der Waals surface area contributed by atoms with E-state index < -0.39 is 17.2 Å². The van der Waals surface area contributed by atoms with Crippen molar-refractivity contribution >= 4 is 17.1 Å². The molecule has 0 saturated carbocycles. The molecule has 1 amide bonds. The second kappa shape index (κ2) is 6.77. The maximum absolute atomic E-state index is 12.3. The van der Waals surface area contributed by atoms with Crippen molar-refractivity contribution in [2.45, 2.75) is 38.3 Å². The van der Waals surface area contributed by atoms with E-state index in [-0.39, 0.29) is 6.42 Å². The Kier molecular flexibility index (Phi) is 4.38. The van der Waals surface area contributed by atoms with Gasteiger partial charge in [-0.3, -0.25) is 4.68 Å². The van der Waals surface area contributed by atoms with Crippen LogP contribution in [0.3, 0.4) is 0 Å². The number of hydrogen-bond donors (Lipinski definition) is 1. The van der Waals surface area contributed by atoms with Crippen molar-refractivity contribution in [3.8, 4) is 17.7 Å². The minimum absolute atomic E-state index is 0.211. The molecule has 4 heterocycles. The number of nitriles is 1. The molecule has 3 aromatic rings. The van der Waals surface area contributed by atoms with Gasteiger partial charge in [0, 0.05) is 6.20 Å². The number of ether oxygens (including phenoxy) is 2. The number of fused-ring (bicyclic) bond motifs is 1. The van der Waals surface area contributed by atoms with Gasteiger partial charge < -0.3 is 19.4 Å². The molecule has 1 aliphatic heterocycles. The average Bonchev–Trinajstić information content (AvgIpc) is 3.26. The highest BCUT2D eigenvalue weighted by Gasteiger charge is 2.48. The lowest BCUT2D eigenvalue weighted by Gasteiger charge is -2.48. The third kappa shape index (κ3) is 3.59. The van der Waals surface area contributed by atoms with Gasteiger partial charge in [-0.25, -0.2) is 14.8 Å². The Hall–Kier alpha value is -3.61. The second-order valence-electron chi connectivity index (χ2n) is 8.04. The zero-order valence-corrected chi connectivity index (χ0v) is 16.4. The number of carbonyl (C=O) groups is 1. The van der Waals surface area contributed by atoms with Crippen LogP contribution in [-0.2, 0) is 10.3 Å². The molecule has 3 aromatic heterocycles. The number of H-pyrrole nitrogens is 1. The van der Waals surface area contributed by atoms with Gasteiger partial charge in [-0.2, -0.15) is 10.4 Å². The third-order valence-electron chi connectivity index (χ3n) is 4.61. The van der Waals surface area contributed by atoms with Gasteiger partial charge in [0.1, 0.15) is 23.1 Å². The van der Waals surface area contributed by atoms with Gasteiger partial charge in [-0.15, -0.1) is 0 Å². The first-order valence-electron chi connectivity index (χ1n) is 9.16. The number of nitrogens with one attached hydrogen (secondary N) is 1. The number of aromatic amines is 1.